The van der Waals surface area contributed by atoms with E-state index in [-0.39, 0.29) is 5.91 Å². The van der Waals surface area contributed by atoms with Crippen molar-refractivity contribution in [1.82, 2.24) is 4.90 Å². The second kappa shape index (κ2) is 9.51. The average molecular weight is 421 g/mol. The molecule has 1 aliphatic rings. The normalized spacial score (nSPS) is 14.9. The fourth-order valence-electron chi connectivity index (χ4n) is 3.70. The average Bonchev–Trinajstić information content (AvgIpc) is 3.00. The van der Waals surface area contributed by atoms with E-state index in [0.29, 0.717) is 41.3 Å². The minimum Gasteiger partial charge on any atom is -0.493 e. The molecule has 6 nitrogen and oxygen atoms in total. The van der Waals surface area contributed by atoms with Crippen LogP contribution in [0.3, 0.4) is 0 Å². The van der Waals surface area contributed by atoms with Gasteiger partial charge < -0.3 is 19.1 Å². The maximum Gasteiger partial charge on any atom is 0.340 e. The molecule has 0 unspecified atom stereocenters. The quantitative estimate of drug-likeness (QED) is 0.501. The van der Waals surface area contributed by atoms with Gasteiger partial charge in [-0.25, -0.2) is 4.79 Å². The molecular formula is C25H27NO5. The lowest BCUT2D eigenvalue weighted by molar-refractivity contribution is -0.136. The molecule has 0 saturated carbocycles. The van der Waals surface area contributed by atoms with Gasteiger partial charge in [-0.1, -0.05) is 35.9 Å². The summed E-state index contributed by atoms with van der Waals surface area (Å²) in [4.78, 5) is 27.4. The number of carbonyl (C=O) groups is 2. The second-order valence-corrected chi connectivity index (χ2v) is 7.32. The van der Waals surface area contributed by atoms with Crippen LogP contribution in [0.25, 0.3) is 6.08 Å². The van der Waals surface area contributed by atoms with Crippen LogP contribution in [-0.2, 0) is 20.7 Å². The summed E-state index contributed by atoms with van der Waals surface area (Å²) in [5.41, 5.74) is 4.18. The number of aryl methyl sites for hydroxylation is 1. The zero-order valence-corrected chi connectivity index (χ0v) is 18.5. The minimum atomic E-state index is -0.515. The standard InChI is InChI=1S/C25H27NO5/c1-16-7-6-8-19(13-16)14-20-23(25(28)31-5)17(2)26(24(20)27)12-11-18-9-10-21(29-3)22(15-18)30-4/h6-10,13-15H,11-12H2,1-5H3/b20-14-. The molecule has 1 heterocycles. The molecule has 0 N–H and O–H groups in total. The van der Waals surface area contributed by atoms with Crippen LogP contribution in [-0.4, -0.2) is 44.7 Å². The van der Waals surface area contributed by atoms with Crippen LogP contribution in [0.5, 0.6) is 11.5 Å². The van der Waals surface area contributed by atoms with Gasteiger partial charge in [-0.3, -0.25) is 4.79 Å². The zero-order valence-electron chi connectivity index (χ0n) is 18.5. The van der Waals surface area contributed by atoms with E-state index in [2.05, 4.69) is 0 Å². The summed E-state index contributed by atoms with van der Waals surface area (Å²) in [6.07, 6.45) is 2.34. The third-order valence-electron chi connectivity index (χ3n) is 5.33. The number of methoxy groups -OCH3 is 3. The SMILES string of the molecule is COC(=O)C1=C(C)N(CCc2ccc(OC)c(OC)c2)C(=O)/C1=C\c1cccc(C)c1. The number of carbonyl (C=O) groups excluding carboxylic acids is 2. The molecule has 31 heavy (non-hydrogen) atoms. The summed E-state index contributed by atoms with van der Waals surface area (Å²) < 4.78 is 15.6. The number of hydrogen-bond acceptors (Lipinski definition) is 5. The summed E-state index contributed by atoms with van der Waals surface area (Å²) in [7, 11) is 4.50. The van der Waals surface area contributed by atoms with E-state index in [1.807, 2.05) is 49.4 Å². The molecule has 0 aromatic heterocycles. The van der Waals surface area contributed by atoms with Crippen LogP contribution in [0, 0.1) is 6.92 Å². The maximum atomic E-state index is 13.2. The third kappa shape index (κ3) is 4.63. The van der Waals surface area contributed by atoms with Gasteiger partial charge in [-0.15, -0.1) is 0 Å². The van der Waals surface area contributed by atoms with Crippen molar-refractivity contribution in [2.45, 2.75) is 20.3 Å². The smallest absolute Gasteiger partial charge is 0.340 e. The molecule has 2 aromatic rings. The molecule has 0 aliphatic carbocycles. The first-order chi connectivity index (χ1) is 14.9. The van der Waals surface area contributed by atoms with E-state index in [9.17, 15) is 9.59 Å². The Morgan fingerprint density at radius 3 is 2.39 bits per heavy atom. The molecule has 0 bridgehead atoms. The molecule has 3 rings (SSSR count). The minimum absolute atomic E-state index is 0.208. The van der Waals surface area contributed by atoms with Crippen molar-refractivity contribution in [2.75, 3.05) is 27.9 Å². The number of amides is 1. The van der Waals surface area contributed by atoms with Crippen molar-refractivity contribution >= 4 is 18.0 Å². The van der Waals surface area contributed by atoms with Gasteiger partial charge in [0.25, 0.3) is 5.91 Å². The van der Waals surface area contributed by atoms with Gasteiger partial charge in [0.1, 0.15) is 0 Å². The van der Waals surface area contributed by atoms with E-state index in [1.54, 1.807) is 32.1 Å². The molecule has 0 radical (unpaired) electrons. The Morgan fingerprint density at radius 1 is 1.00 bits per heavy atom. The fourth-order valence-corrected chi connectivity index (χ4v) is 3.70. The predicted octanol–water partition coefficient (Wildman–Crippen LogP) is 3.93. The molecule has 162 valence electrons. The molecular weight excluding hydrogens is 394 g/mol. The van der Waals surface area contributed by atoms with E-state index >= 15 is 0 Å². The Labute approximate surface area is 182 Å². The molecule has 0 saturated heterocycles. The fraction of sp³-hybridized carbons (Fsp3) is 0.280. The van der Waals surface area contributed by atoms with Gasteiger partial charge in [-0.2, -0.15) is 0 Å². The van der Waals surface area contributed by atoms with Crippen molar-refractivity contribution in [2.24, 2.45) is 0 Å². The monoisotopic (exact) mass is 421 g/mol. The van der Waals surface area contributed by atoms with Gasteiger partial charge >= 0.3 is 5.97 Å². The Kier molecular flexibility index (Phi) is 6.80. The molecule has 6 heteroatoms. The number of esters is 1. The first-order valence-electron chi connectivity index (χ1n) is 10.00. The van der Waals surface area contributed by atoms with Crippen molar-refractivity contribution in [3.63, 3.8) is 0 Å². The van der Waals surface area contributed by atoms with Crippen LogP contribution in [0.4, 0.5) is 0 Å². The predicted molar refractivity (Wildman–Crippen MR) is 119 cm³/mol. The number of allylic oxidation sites excluding steroid dienone is 1. The molecule has 1 aliphatic heterocycles. The number of ether oxygens (including phenoxy) is 3. The Bertz CT molecular complexity index is 1070. The largest absolute Gasteiger partial charge is 0.493 e. The van der Waals surface area contributed by atoms with Gasteiger partial charge in [0.15, 0.2) is 11.5 Å². The van der Waals surface area contributed by atoms with Crippen LogP contribution in [0.15, 0.2) is 59.3 Å². The van der Waals surface area contributed by atoms with Crippen LogP contribution < -0.4 is 9.47 Å². The zero-order chi connectivity index (χ0) is 22.5. The highest BCUT2D eigenvalue weighted by Crippen LogP contribution is 2.33. The summed E-state index contributed by atoms with van der Waals surface area (Å²) in [6.45, 7) is 4.18. The molecule has 0 atom stereocenters. The van der Waals surface area contributed by atoms with E-state index < -0.39 is 5.97 Å². The highest BCUT2D eigenvalue weighted by molar-refractivity contribution is 6.16. The van der Waals surface area contributed by atoms with Gasteiger partial charge in [0, 0.05) is 12.2 Å². The highest BCUT2D eigenvalue weighted by atomic mass is 16.5. The third-order valence-corrected chi connectivity index (χ3v) is 5.33. The van der Waals surface area contributed by atoms with Crippen molar-refractivity contribution in [1.29, 1.82) is 0 Å². The van der Waals surface area contributed by atoms with Crippen molar-refractivity contribution < 1.29 is 23.8 Å². The first-order valence-corrected chi connectivity index (χ1v) is 10.00. The number of benzene rings is 2. The van der Waals surface area contributed by atoms with Crippen LogP contribution in [0.1, 0.15) is 23.6 Å². The summed E-state index contributed by atoms with van der Waals surface area (Å²) in [5.74, 6) is 0.560. The molecule has 2 aromatic carbocycles. The molecule has 1 amide bonds. The van der Waals surface area contributed by atoms with Crippen molar-refractivity contribution in [3.05, 3.63) is 76.0 Å². The molecule has 0 fully saturated rings. The van der Waals surface area contributed by atoms with Gasteiger partial charge in [0.2, 0.25) is 0 Å². The number of hydrogen-bond donors (Lipinski definition) is 0. The lowest BCUT2D eigenvalue weighted by Gasteiger charge is -2.18. The van der Waals surface area contributed by atoms with Gasteiger partial charge in [-0.05, 0) is 49.6 Å². The summed E-state index contributed by atoms with van der Waals surface area (Å²) in [5, 5.41) is 0. The topological polar surface area (TPSA) is 65.1 Å². The van der Waals surface area contributed by atoms with Crippen LogP contribution in [0.2, 0.25) is 0 Å². The summed E-state index contributed by atoms with van der Waals surface area (Å²) in [6, 6.07) is 13.4. The Morgan fingerprint density at radius 2 is 1.74 bits per heavy atom. The molecule has 0 spiro atoms. The lowest BCUT2D eigenvalue weighted by Crippen LogP contribution is -2.27. The summed E-state index contributed by atoms with van der Waals surface area (Å²) >= 11 is 0. The van der Waals surface area contributed by atoms with E-state index in [4.69, 9.17) is 14.2 Å². The van der Waals surface area contributed by atoms with E-state index in [0.717, 1.165) is 16.7 Å². The Balaban J connectivity index is 1.90. The number of nitrogens with zero attached hydrogens (tertiary/aromatic N) is 1. The first kappa shape index (κ1) is 22.2. The maximum absolute atomic E-state index is 13.2. The lowest BCUT2D eigenvalue weighted by atomic mass is 10.0. The highest BCUT2D eigenvalue weighted by Gasteiger charge is 2.36. The van der Waals surface area contributed by atoms with Gasteiger partial charge in [0.05, 0.1) is 32.5 Å². The Hall–Kier alpha value is -3.54. The van der Waals surface area contributed by atoms with Crippen molar-refractivity contribution in [3.8, 4) is 11.5 Å². The van der Waals surface area contributed by atoms with Crippen LogP contribution >= 0.6 is 0 Å². The second-order valence-electron chi connectivity index (χ2n) is 7.32. The number of rotatable bonds is 7. The van der Waals surface area contributed by atoms with E-state index in [1.165, 1.54) is 7.11 Å².